The molecule has 1 fully saturated rings. The largest absolute Gasteiger partial charge is 0.431 e. The van der Waals surface area contributed by atoms with Crippen LogP contribution in [0.25, 0.3) is 11.1 Å². The van der Waals surface area contributed by atoms with Gasteiger partial charge in [0.15, 0.2) is 5.58 Å². The first-order chi connectivity index (χ1) is 10.6. The van der Waals surface area contributed by atoms with E-state index in [0.29, 0.717) is 28.9 Å². The van der Waals surface area contributed by atoms with Crippen molar-refractivity contribution in [1.29, 1.82) is 0 Å². The van der Waals surface area contributed by atoms with Crippen LogP contribution < -0.4 is 5.32 Å². The number of hydrogen-bond donors (Lipinski definition) is 1. The SMILES string of the molecule is C[C@H]1[C@@H](NC(=O)CSc2nc3ccccc3o2)CCC[C@@H]1C. The monoisotopic (exact) mass is 318 g/mol. The van der Waals surface area contributed by atoms with E-state index in [1.54, 1.807) is 0 Å². The number of fused-ring (bicyclic) bond motifs is 1. The van der Waals surface area contributed by atoms with Crippen molar-refractivity contribution < 1.29 is 9.21 Å². The van der Waals surface area contributed by atoms with E-state index < -0.39 is 0 Å². The molecule has 4 nitrogen and oxygen atoms in total. The first-order valence-corrected chi connectivity index (χ1v) is 8.90. The van der Waals surface area contributed by atoms with Crippen LogP contribution in [0.1, 0.15) is 33.1 Å². The molecular formula is C17H22N2O2S. The molecule has 1 aliphatic rings. The van der Waals surface area contributed by atoms with Gasteiger partial charge in [-0.3, -0.25) is 4.79 Å². The molecule has 22 heavy (non-hydrogen) atoms. The van der Waals surface area contributed by atoms with E-state index in [0.717, 1.165) is 17.5 Å². The molecule has 0 saturated heterocycles. The van der Waals surface area contributed by atoms with Crippen LogP contribution in [0, 0.1) is 11.8 Å². The summed E-state index contributed by atoms with van der Waals surface area (Å²) in [5.74, 6) is 1.65. The van der Waals surface area contributed by atoms with Gasteiger partial charge < -0.3 is 9.73 Å². The number of hydrogen-bond acceptors (Lipinski definition) is 4. The Labute approximate surface area is 135 Å². The van der Waals surface area contributed by atoms with Crippen LogP contribution >= 0.6 is 11.8 Å². The molecule has 0 aliphatic heterocycles. The Morgan fingerprint density at radius 1 is 1.36 bits per heavy atom. The highest BCUT2D eigenvalue weighted by atomic mass is 32.2. The minimum absolute atomic E-state index is 0.0678. The zero-order valence-corrected chi connectivity index (χ0v) is 13.9. The Morgan fingerprint density at radius 2 is 2.18 bits per heavy atom. The summed E-state index contributed by atoms with van der Waals surface area (Å²) in [4.78, 5) is 16.5. The first kappa shape index (κ1) is 15.4. The third-order valence-electron chi connectivity index (χ3n) is 4.65. The number of carbonyl (C=O) groups is 1. The summed E-state index contributed by atoms with van der Waals surface area (Å²) >= 11 is 1.36. The second-order valence-corrected chi connectivity index (χ2v) is 7.10. The Bertz CT molecular complexity index is 622. The van der Waals surface area contributed by atoms with Crippen LogP contribution in [0.2, 0.25) is 0 Å². The number of nitrogens with one attached hydrogen (secondary N) is 1. The third kappa shape index (κ3) is 3.46. The number of thioether (sulfide) groups is 1. The molecule has 1 N–H and O–H groups in total. The van der Waals surface area contributed by atoms with Gasteiger partial charge in [0, 0.05) is 6.04 Å². The molecular weight excluding hydrogens is 296 g/mol. The minimum atomic E-state index is 0.0678. The first-order valence-electron chi connectivity index (χ1n) is 7.91. The second kappa shape index (κ2) is 6.73. The molecule has 1 heterocycles. The van der Waals surface area contributed by atoms with Crippen molar-refractivity contribution in [1.82, 2.24) is 10.3 Å². The van der Waals surface area contributed by atoms with Crippen molar-refractivity contribution in [3.63, 3.8) is 0 Å². The summed E-state index contributed by atoms with van der Waals surface area (Å²) < 4.78 is 5.62. The van der Waals surface area contributed by atoms with Gasteiger partial charge in [-0.25, -0.2) is 4.98 Å². The van der Waals surface area contributed by atoms with Crippen molar-refractivity contribution in [3.05, 3.63) is 24.3 Å². The van der Waals surface area contributed by atoms with E-state index >= 15 is 0 Å². The minimum Gasteiger partial charge on any atom is -0.431 e. The maximum atomic E-state index is 12.2. The van der Waals surface area contributed by atoms with Gasteiger partial charge in [0.25, 0.3) is 5.22 Å². The van der Waals surface area contributed by atoms with Gasteiger partial charge in [-0.15, -0.1) is 0 Å². The lowest BCUT2D eigenvalue weighted by Gasteiger charge is -2.34. The number of oxazole rings is 1. The second-order valence-electron chi connectivity index (χ2n) is 6.18. The third-order valence-corrected chi connectivity index (χ3v) is 5.48. The van der Waals surface area contributed by atoms with Crippen LogP contribution in [0.3, 0.4) is 0 Å². The fourth-order valence-electron chi connectivity index (χ4n) is 3.07. The molecule has 3 rings (SSSR count). The fraction of sp³-hybridized carbons (Fsp3) is 0.529. The molecule has 1 aliphatic carbocycles. The molecule has 1 aromatic carbocycles. The Balaban J connectivity index is 1.53. The summed E-state index contributed by atoms with van der Waals surface area (Å²) in [5, 5.41) is 3.73. The quantitative estimate of drug-likeness (QED) is 0.870. The summed E-state index contributed by atoms with van der Waals surface area (Å²) in [7, 11) is 0. The zero-order valence-electron chi connectivity index (χ0n) is 13.0. The van der Waals surface area contributed by atoms with E-state index in [9.17, 15) is 4.79 Å². The maximum absolute atomic E-state index is 12.2. The summed E-state index contributed by atoms with van der Waals surface area (Å²) in [6.45, 7) is 4.51. The van der Waals surface area contributed by atoms with Gasteiger partial charge in [-0.2, -0.15) is 0 Å². The number of rotatable bonds is 4. The molecule has 0 bridgehead atoms. The average molecular weight is 318 g/mol. The van der Waals surface area contributed by atoms with E-state index in [-0.39, 0.29) is 5.91 Å². The highest BCUT2D eigenvalue weighted by Gasteiger charge is 2.28. The van der Waals surface area contributed by atoms with Crippen molar-refractivity contribution in [2.24, 2.45) is 11.8 Å². The van der Waals surface area contributed by atoms with Crippen molar-refractivity contribution in [2.75, 3.05) is 5.75 Å². The smallest absolute Gasteiger partial charge is 0.257 e. The lowest BCUT2D eigenvalue weighted by Crippen LogP contribution is -2.44. The fourth-order valence-corrected chi connectivity index (χ4v) is 3.72. The van der Waals surface area contributed by atoms with Gasteiger partial charge in [-0.05, 0) is 30.4 Å². The summed E-state index contributed by atoms with van der Waals surface area (Å²) in [5.41, 5.74) is 1.60. The molecule has 0 radical (unpaired) electrons. The predicted molar refractivity (Wildman–Crippen MR) is 88.8 cm³/mol. The van der Waals surface area contributed by atoms with E-state index in [4.69, 9.17) is 4.42 Å². The molecule has 1 saturated carbocycles. The summed E-state index contributed by atoms with van der Waals surface area (Å²) in [6.07, 6.45) is 3.56. The zero-order chi connectivity index (χ0) is 15.5. The number of carbonyl (C=O) groups excluding carboxylic acids is 1. The van der Waals surface area contributed by atoms with Crippen LogP contribution in [-0.2, 0) is 4.79 Å². The molecule has 1 aromatic heterocycles. The number of amides is 1. The van der Waals surface area contributed by atoms with Crippen LogP contribution in [-0.4, -0.2) is 22.7 Å². The van der Waals surface area contributed by atoms with E-state index in [1.807, 2.05) is 24.3 Å². The number of benzene rings is 1. The van der Waals surface area contributed by atoms with Crippen molar-refractivity contribution >= 4 is 28.8 Å². The lowest BCUT2D eigenvalue weighted by molar-refractivity contribution is -0.120. The van der Waals surface area contributed by atoms with E-state index in [2.05, 4.69) is 24.1 Å². The van der Waals surface area contributed by atoms with Crippen LogP contribution in [0.4, 0.5) is 0 Å². The van der Waals surface area contributed by atoms with Gasteiger partial charge in [0.1, 0.15) is 5.52 Å². The van der Waals surface area contributed by atoms with Crippen LogP contribution in [0.5, 0.6) is 0 Å². The average Bonchev–Trinajstić information content (AvgIpc) is 2.93. The highest BCUT2D eigenvalue weighted by molar-refractivity contribution is 7.99. The molecule has 118 valence electrons. The predicted octanol–water partition coefficient (Wildman–Crippen LogP) is 3.86. The Morgan fingerprint density at radius 3 is 3.00 bits per heavy atom. The van der Waals surface area contributed by atoms with Gasteiger partial charge in [-0.1, -0.05) is 50.6 Å². The molecule has 3 atom stereocenters. The van der Waals surface area contributed by atoms with Gasteiger partial charge in [0.05, 0.1) is 5.75 Å². The molecule has 0 spiro atoms. The number of nitrogens with zero attached hydrogens (tertiary/aromatic N) is 1. The molecule has 0 unspecified atom stereocenters. The normalized spacial score (nSPS) is 25.3. The van der Waals surface area contributed by atoms with Gasteiger partial charge in [0.2, 0.25) is 5.91 Å². The van der Waals surface area contributed by atoms with E-state index in [1.165, 1.54) is 24.6 Å². The molecule has 5 heteroatoms. The maximum Gasteiger partial charge on any atom is 0.257 e. The van der Waals surface area contributed by atoms with Crippen LogP contribution in [0.15, 0.2) is 33.9 Å². The molecule has 2 aromatic rings. The Hall–Kier alpha value is -1.49. The lowest BCUT2D eigenvalue weighted by atomic mass is 9.78. The topological polar surface area (TPSA) is 55.1 Å². The van der Waals surface area contributed by atoms with Crippen molar-refractivity contribution in [3.8, 4) is 0 Å². The Kier molecular flexibility index (Phi) is 4.71. The highest BCUT2D eigenvalue weighted by Crippen LogP contribution is 2.29. The number of aromatic nitrogens is 1. The summed E-state index contributed by atoms with van der Waals surface area (Å²) in [6, 6.07) is 7.95. The number of para-hydroxylation sites is 2. The molecule has 1 amide bonds. The standard InChI is InChI=1S/C17H22N2O2S/c1-11-6-5-8-13(12(11)2)18-16(20)10-22-17-19-14-7-3-4-9-15(14)21-17/h3-4,7,9,11-13H,5-6,8,10H2,1-2H3,(H,18,20)/t11-,12+,13-/m0/s1. The van der Waals surface area contributed by atoms with Crippen molar-refractivity contribution in [2.45, 2.75) is 44.4 Å². The van der Waals surface area contributed by atoms with Gasteiger partial charge >= 0.3 is 0 Å².